The summed E-state index contributed by atoms with van der Waals surface area (Å²) >= 11 is 0. The van der Waals surface area contributed by atoms with E-state index in [1.165, 1.54) is 6.20 Å². The molecule has 0 unspecified atom stereocenters. The summed E-state index contributed by atoms with van der Waals surface area (Å²) in [6, 6.07) is 7.13. The Balaban J connectivity index is 2.40. The van der Waals surface area contributed by atoms with Gasteiger partial charge in [0.05, 0.1) is 12.8 Å². The number of rotatable bonds is 1. The smallest absolute Gasteiger partial charge is 0.205 e. The Hall–Kier alpha value is -2.08. The monoisotopic (exact) mass is 170 g/mol. The second-order valence-electron chi connectivity index (χ2n) is 2.49. The van der Waals surface area contributed by atoms with E-state index in [0.29, 0.717) is 5.69 Å². The molecule has 3 heteroatoms. The second-order valence-corrected chi connectivity index (χ2v) is 2.49. The molecule has 0 radical (unpaired) electrons. The molecule has 0 aliphatic heterocycles. The molecule has 2 aromatic heterocycles. The SMILES string of the molecule is [C-]#[N+]c1ccc(-c2ccco2)nc1. The fourth-order valence-electron chi connectivity index (χ4n) is 1.02. The fourth-order valence-corrected chi connectivity index (χ4v) is 1.02. The van der Waals surface area contributed by atoms with Crippen molar-refractivity contribution in [1.29, 1.82) is 0 Å². The molecule has 0 aromatic carbocycles. The summed E-state index contributed by atoms with van der Waals surface area (Å²) in [5, 5.41) is 0. The maximum absolute atomic E-state index is 6.75. The number of pyridine rings is 1. The summed E-state index contributed by atoms with van der Waals surface area (Å²) in [4.78, 5) is 7.33. The van der Waals surface area contributed by atoms with Crippen LogP contribution in [0.4, 0.5) is 5.69 Å². The molecule has 2 aromatic rings. The van der Waals surface area contributed by atoms with Gasteiger partial charge in [0.15, 0.2) is 5.76 Å². The van der Waals surface area contributed by atoms with Gasteiger partial charge in [0.25, 0.3) is 0 Å². The largest absolute Gasteiger partial charge is 0.463 e. The highest BCUT2D eigenvalue weighted by molar-refractivity contribution is 5.55. The third kappa shape index (κ3) is 1.42. The summed E-state index contributed by atoms with van der Waals surface area (Å²) in [5.74, 6) is 0.719. The van der Waals surface area contributed by atoms with Gasteiger partial charge in [-0.15, -0.1) is 0 Å². The average Bonchev–Trinajstić information content (AvgIpc) is 2.71. The van der Waals surface area contributed by atoms with E-state index >= 15 is 0 Å². The predicted octanol–water partition coefficient (Wildman–Crippen LogP) is 2.89. The van der Waals surface area contributed by atoms with Crippen LogP contribution in [0.15, 0.2) is 41.1 Å². The normalized spacial score (nSPS) is 9.46. The van der Waals surface area contributed by atoms with E-state index in [9.17, 15) is 0 Å². The van der Waals surface area contributed by atoms with Crippen LogP contribution in [0.5, 0.6) is 0 Å². The van der Waals surface area contributed by atoms with Crippen molar-refractivity contribution in [3.63, 3.8) is 0 Å². The van der Waals surface area contributed by atoms with Gasteiger partial charge < -0.3 is 4.42 Å². The first-order valence-electron chi connectivity index (χ1n) is 3.77. The Morgan fingerprint density at radius 3 is 2.77 bits per heavy atom. The van der Waals surface area contributed by atoms with Crippen LogP contribution in [0.3, 0.4) is 0 Å². The molecule has 0 aliphatic rings. The lowest BCUT2D eigenvalue weighted by Gasteiger charge is -1.94. The van der Waals surface area contributed by atoms with Crippen LogP contribution in [-0.4, -0.2) is 4.98 Å². The first-order valence-corrected chi connectivity index (χ1v) is 3.77. The quantitative estimate of drug-likeness (QED) is 0.616. The second kappa shape index (κ2) is 3.11. The molecule has 2 heterocycles. The van der Waals surface area contributed by atoms with Crippen molar-refractivity contribution in [2.45, 2.75) is 0 Å². The molecule has 0 atom stereocenters. The van der Waals surface area contributed by atoms with Crippen LogP contribution < -0.4 is 0 Å². The van der Waals surface area contributed by atoms with E-state index in [2.05, 4.69) is 9.83 Å². The summed E-state index contributed by atoms with van der Waals surface area (Å²) < 4.78 is 5.15. The van der Waals surface area contributed by atoms with Gasteiger partial charge in [-0.1, -0.05) is 6.07 Å². The zero-order valence-electron chi connectivity index (χ0n) is 6.77. The van der Waals surface area contributed by atoms with Crippen LogP contribution in [0, 0.1) is 6.57 Å². The van der Waals surface area contributed by atoms with Gasteiger partial charge >= 0.3 is 0 Å². The van der Waals surface area contributed by atoms with E-state index in [1.807, 2.05) is 6.07 Å². The molecule has 13 heavy (non-hydrogen) atoms. The van der Waals surface area contributed by atoms with Crippen LogP contribution >= 0.6 is 0 Å². The summed E-state index contributed by atoms with van der Waals surface area (Å²) in [6.45, 7) is 6.75. The third-order valence-electron chi connectivity index (χ3n) is 1.65. The van der Waals surface area contributed by atoms with Gasteiger partial charge in [-0.2, -0.15) is 0 Å². The summed E-state index contributed by atoms with van der Waals surface area (Å²) in [7, 11) is 0. The van der Waals surface area contributed by atoms with Crippen molar-refractivity contribution in [2.24, 2.45) is 0 Å². The first-order chi connectivity index (χ1) is 6.40. The molecular weight excluding hydrogens is 164 g/mol. The van der Waals surface area contributed by atoms with Crippen LogP contribution in [-0.2, 0) is 0 Å². The van der Waals surface area contributed by atoms with Gasteiger partial charge in [0.2, 0.25) is 5.69 Å². The predicted molar refractivity (Wildman–Crippen MR) is 48.2 cm³/mol. The molecule has 62 valence electrons. The van der Waals surface area contributed by atoms with Crippen molar-refractivity contribution in [3.05, 3.63) is 48.1 Å². The Morgan fingerprint density at radius 1 is 1.31 bits per heavy atom. The van der Waals surface area contributed by atoms with Crippen LogP contribution in [0.1, 0.15) is 0 Å². The molecule has 2 rings (SSSR count). The van der Waals surface area contributed by atoms with Gasteiger partial charge in [-0.25, -0.2) is 4.85 Å². The molecule has 0 bridgehead atoms. The summed E-state index contributed by atoms with van der Waals surface area (Å²) in [5.41, 5.74) is 1.28. The Bertz CT molecular complexity index is 423. The number of furan rings is 1. The van der Waals surface area contributed by atoms with Gasteiger partial charge in [0.1, 0.15) is 5.69 Å². The Labute approximate surface area is 75.5 Å². The first kappa shape index (κ1) is 7.56. The number of aromatic nitrogens is 1. The summed E-state index contributed by atoms with van der Waals surface area (Å²) in [6.07, 6.45) is 3.13. The molecule has 0 saturated heterocycles. The van der Waals surface area contributed by atoms with E-state index in [0.717, 1.165) is 11.5 Å². The van der Waals surface area contributed by atoms with E-state index in [1.54, 1.807) is 24.5 Å². The zero-order chi connectivity index (χ0) is 9.10. The molecule has 0 spiro atoms. The maximum atomic E-state index is 6.75. The van der Waals surface area contributed by atoms with Crippen molar-refractivity contribution in [2.75, 3.05) is 0 Å². The van der Waals surface area contributed by atoms with Gasteiger partial charge in [-0.3, -0.25) is 4.98 Å². The molecule has 3 nitrogen and oxygen atoms in total. The highest BCUT2D eigenvalue weighted by Gasteiger charge is 2.00. The number of hydrogen-bond donors (Lipinski definition) is 0. The minimum atomic E-state index is 0.537. The lowest BCUT2D eigenvalue weighted by Crippen LogP contribution is -1.77. The van der Waals surface area contributed by atoms with E-state index in [4.69, 9.17) is 11.0 Å². The van der Waals surface area contributed by atoms with E-state index in [-0.39, 0.29) is 0 Å². The Morgan fingerprint density at radius 2 is 2.23 bits per heavy atom. The van der Waals surface area contributed by atoms with Crippen molar-refractivity contribution in [1.82, 2.24) is 4.98 Å². The minimum Gasteiger partial charge on any atom is -0.463 e. The Kier molecular flexibility index (Phi) is 1.81. The standard InChI is InChI=1S/C10H6N2O/c1-11-8-4-5-9(12-7-8)10-3-2-6-13-10/h2-7H. The minimum absolute atomic E-state index is 0.537. The van der Waals surface area contributed by atoms with Gasteiger partial charge in [0, 0.05) is 6.20 Å². The lowest BCUT2D eigenvalue weighted by atomic mass is 10.3. The molecule has 0 amide bonds. The average molecular weight is 170 g/mol. The lowest BCUT2D eigenvalue weighted by molar-refractivity contribution is 0.580. The molecule has 0 saturated carbocycles. The molecule has 0 N–H and O–H groups in total. The third-order valence-corrected chi connectivity index (χ3v) is 1.65. The van der Waals surface area contributed by atoms with E-state index < -0.39 is 0 Å². The number of nitrogens with zero attached hydrogens (tertiary/aromatic N) is 2. The number of hydrogen-bond acceptors (Lipinski definition) is 2. The highest BCUT2D eigenvalue weighted by Crippen LogP contribution is 2.19. The zero-order valence-corrected chi connectivity index (χ0v) is 6.77. The molecule has 0 aliphatic carbocycles. The molecule has 0 fully saturated rings. The van der Waals surface area contributed by atoms with Crippen molar-refractivity contribution >= 4 is 5.69 Å². The van der Waals surface area contributed by atoms with Crippen molar-refractivity contribution in [3.8, 4) is 11.5 Å². The van der Waals surface area contributed by atoms with Crippen molar-refractivity contribution < 1.29 is 4.42 Å². The van der Waals surface area contributed by atoms with Crippen LogP contribution in [0.2, 0.25) is 0 Å². The maximum Gasteiger partial charge on any atom is 0.205 e. The topological polar surface area (TPSA) is 30.4 Å². The fraction of sp³-hybridized carbons (Fsp3) is 0. The van der Waals surface area contributed by atoms with Gasteiger partial charge in [-0.05, 0) is 18.2 Å². The van der Waals surface area contributed by atoms with Crippen LogP contribution in [0.25, 0.3) is 16.3 Å². The molecular formula is C10H6N2O. The highest BCUT2D eigenvalue weighted by atomic mass is 16.3.